The van der Waals surface area contributed by atoms with Crippen LogP contribution in [-0.2, 0) is 0 Å². The number of rotatable bonds is 2. The van der Waals surface area contributed by atoms with E-state index in [0.29, 0.717) is 5.71 Å². The summed E-state index contributed by atoms with van der Waals surface area (Å²) in [4.78, 5) is 0. The number of halogens is 2. The average molecular weight is 307 g/mol. The second-order valence-electron chi connectivity index (χ2n) is 2.65. The number of oxime groups is 1. The van der Waals surface area contributed by atoms with Crippen LogP contribution < -0.4 is 0 Å². The van der Waals surface area contributed by atoms with Crippen molar-refractivity contribution in [3.8, 4) is 0 Å². The molecule has 0 spiro atoms. The Labute approximate surface area is 93.9 Å². The summed E-state index contributed by atoms with van der Waals surface area (Å²) in [7, 11) is 0. The van der Waals surface area contributed by atoms with Gasteiger partial charge in [-0.15, -0.1) is 0 Å². The van der Waals surface area contributed by atoms with Crippen molar-refractivity contribution >= 4 is 37.6 Å². The van der Waals surface area contributed by atoms with Gasteiger partial charge in [-0.2, -0.15) is 0 Å². The second kappa shape index (κ2) is 4.77. The first-order chi connectivity index (χ1) is 6.15. The zero-order chi connectivity index (χ0) is 9.84. The standard InChI is InChI=1S/C9H9Br2NO/c1-6-2-4-7(5-3-6)8(12-13)9(10)11/h2-5,9,13H,1H3. The summed E-state index contributed by atoms with van der Waals surface area (Å²) < 4.78 is -0.132. The molecule has 0 unspecified atom stereocenters. The molecule has 0 aliphatic carbocycles. The van der Waals surface area contributed by atoms with Crippen molar-refractivity contribution in [3.05, 3.63) is 35.4 Å². The predicted octanol–water partition coefficient (Wildman–Crippen LogP) is 3.29. The lowest BCUT2D eigenvalue weighted by Crippen LogP contribution is -2.08. The number of alkyl halides is 2. The molecule has 1 rings (SSSR count). The molecule has 70 valence electrons. The molecule has 0 fully saturated rings. The van der Waals surface area contributed by atoms with Gasteiger partial charge < -0.3 is 5.21 Å². The van der Waals surface area contributed by atoms with E-state index in [1.54, 1.807) is 0 Å². The molecule has 4 heteroatoms. The fourth-order valence-electron chi connectivity index (χ4n) is 0.952. The molecule has 0 atom stereocenters. The third-order valence-electron chi connectivity index (χ3n) is 1.66. The van der Waals surface area contributed by atoms with Gasteiger partial charge in [0.25, 0.3) is 0 Å². The highest BCUT2D eigenvalue weighted by atomic mass is 79.9. The van der Waals surface area contributed by atoms with Crippen LogP contribution in [0.2, 0.25) is 0 Å². The number of hydrogen-bond donors (Lipinski definition) is 1. The second-order valence-corrected chi connectivity index (χ2v) is 5.71. The van der Waals surface area contributed by atoms with E-state index in [0.717, 1.165) is 5.56 Å². The van der Waals surface area contributed by atoms with E-state index in [1.165, 1.54) is 5.56 Å². The molecule has 1 N–H and O–H groups in total. The summed E-state index contributed by atoms with van der Waals surface area (Å²) in [6, 6.07) is 7.78. The van der Waals surface area contributed by atoms with E-state index in [2.05, 4.69) is 37.0 Å². The predicted molar refractivity (Wildman–Crippen MR) is 61.1 cm³/mol. The Morgan fingerprint density at radius 3 is 2.23 bits per heavy atom. The van der Waals surface area contributed by atoms with Crippen LogP contribution in [0, 0.1) is 6.92 Å². The fraction of sp³-hybridized carbons (Fsp3) is 0.222. The Bertz CT molecular complexity index is 306. The first kappa shape index (κ1) is 10.7. The molecule has 0 aliphatic heterocycles. The molecule has 13 heavy (non-hydrogen) atoms. The maximum atomic E-state index is 8.75. The van der Waals surface area contributed by atoms with Crippen LogP contribution in [0.25, 0.3) is 0 Å². The fourth-order valence-corrected chi connectivity index (χ4v) is 1.66. The monoisotopic (exact) mass is 305 g/mol. The third-order valence-corrected chi connectivity index (χ3v) is 2.53. The van der Waals surface area contributed by atoms with Crippen LogP contribution >= 0.6 is 31.9 Å². The molecule has 2 nitrogen and oxygen atoms in total. The van der Waals surface area contributed by atoms with E-state index in [4.69, 9.17) is 5.21 Å². The summed E-state index contributed by atoms with van der Waals surface area (Å²) in [5.41, 5.74) is 2.65. The van der Waals surface area contributed by atoms with Crippen LogP contribution in [0.15, 0.2) is 29.4 Å². The Balaban J connectivity index is 3.00. The van der Waals surface area contributed by atoms with Gasteiger partial charge in [0.1, 0.15) is 9.45 Å². The van der Waals surface area contributed by atoms with E-state index < -0.39 is 0 Å². The van der Waals surface area contributed by atoms with Gasteiger partial charge in [0.05, 0.1) is 0 Å². The minimum Gasteiger partial charge on any atom is -0.411 e. The van der Waals surface area contributed by atoms with Crippen molar-refractivity contribution in [2.24, 2.45) is 5.16 Å². The Hall–Kier alpha value is -0.350. The van der Waals surface area contributed by atoms with Crippen molar-refractivity contribution < 1.29 is 5.21 Å². The van der Waals surface area contributed by atoms with Crippen molar-refractivity contribution in [1.82, 2.24) is 0 Å². The first-order valence-electron chi connectivity index (χ1n) is 3.72. The number of hydrogen-bond acceptors (Lipinski definition) is 2. The van der Waals surface area contributed by atoms with E-state index in [1.807, 2.05) is 31.2 Å². The van der Waals surface area contributed by atoms with Gasteiger partial charge >= 0.3 is 0 Å². The molecule has 0 aromatic heterocycles. The van der Waals surface area contributed by atoms with Gasteiger partial charge in [-0.1, -0.05) is 66.8 Å². The topological polar surface area (TPSA) is 32.6 Å². The van der Waals surface area contributed by atoms with E-state index in [-0.39, 0.29) is 3.74 Å². The van der Waals surface area contributed by atoms with E-state index >= 15 is 0 Å². The van der Waals surface area contributed by atoms with Gasteiger partial charge in [-0.3, -0.25) is 0 Å². The van der Waals surface area contributed by atoms with Crippen LogP contribution in [0.4, 0.5) is 0 Å². The highest BCUT2D eigenvalue weighted by Gasteiger charge is 2.11. The molecule has 0 bridgehead atoms. The Morgan fingerprint density at radius 1 is 1.31 bits per heavy atom. The molecule has 0 saturated heterocycles. The lowest BCUT2D eigenvalue weighted by Gasteiger charge is -2.05. The van der Waals surface area contributed by atoms with Crippen molar-refractivity contribution in [2.75, 3.05) is 0 Å². The number of aryl methyl sites for hydroxylation is 1. The minimum atomic E-state index is -0.132. The third kappa shape index (κ3) is 2.81. The molecule has 1 aromatic carbocycles. The van der Waals surface area contributed by atoms with Crippen molar-refractivity contribution in [3.63, 3.8) is 0 Å². The average Bonchev–Trinajstić information content (AvgIpc) is 2.09. The van der Waals surface area contributed by atoms with Crippen LogP contribution in [0.1, 0.15) is 11.1 Å². The number of nitrogens with zero attached hydrogens (tertiary/aromatic N) is 1. The van der Waals surface area contributed by atoms with Gasteiger partial charge in [-0.05, 0) is 6.92 Å². The molecule has 1 aromatic rings. The van der Waals surface area contributed by atoms with Gasteiger partial charge in [0, 0.05) is 5.56 Å². The number of benzene rings is 1. The van der Waals surface area contributed by atoms with Gasteiger partial charge in [0.2, 0.25) is 0 Å². The van der Waals surface area contributed by atoms with Crippen molar-refractivity contribution in [1.29, 1.82) is 0 Å². The first-order valence-corrected chi connectivity index (χ1v) is 5.55. The SMILES string of the molecule is Cc1ccc(C(=NO)C(Br)Br)cc1. The summed E-state index contributed by atoms with van der Waals surface area (Å²) in [6.07, 6.45) is 0. The molecular weight excluding hydrogens is 298 g/mol. The molecule has 0 heterocycles. The molecule has 0 radical (unpaired) electrons. The van der Waals surface area contributed by atoms with Crippen LogP contribution in [0.5, 0.6) is 0 Å². The molecular formula is C9H9Br2NO. The summed E-state index contributed by atoms with van der Waals surface area (Å²) in [5.74, 6) is 0. The van der Waals surface area contributed by atoms with E-state index in [9.17, 15) is 0 Å². The zero-order valence-corrected chi connectivity index (χ0v) is 10.2. The molecule has 0 amide bonds. The Morgan fingerprint density at radius 2 is 1.85 bits per heavy atom. The van der Waals surface area contributed by atoms with Gasteiger partial charge in [0.15, 0.2) is 0 Å². The maximum Gasteiger partial charge on any atom is 0.116 e. The smallest absolute Gasteiger partial charge is 0.116 e. The summed E-state index contributed by atoms with van der Waals surface area (Å²) in [6.45, 7) is 2.01. The lowest BCUT2D eigenvalue weighted by molar-refractivity contribution is 0.319. The quantitative estimate of drug-likeness (QED) is 0.387. The Kier molecular flexibility index (Phi) is 3.93. The van der Waals surface area contributed by atoms with Gasteiger partial charge in [-0.25, -0.2) is 0 Å². The zero-order valence-electron chi connectivity index (χ0n) is 7.04. The normalized spacial score (nSPS) is 12.2. The highest BCUT2D eigenvalue weighted by Crippen LogP contribution is 2.17. The summed E-state index contributed by atoms with van der Waals surface area (Å²) >= 11 is 6.56. The van der Waals surface area contributed by atoms with Crippen molar-refractivity contribution in [2.45, 2.75) is 10.7 Å². The largest absolute Gasteiger partial charge is 0.411 e. The minimum absolute atomic E-state index is 0.132. The van der Waals surface area contributed by atoms with Crippen LogP contribution in [0.3, 0.4) is 0 Å². The molecule has 0 saturated carbocycles. The molecule has 0 aliphatic rings. The maximum absolute atomic E-state index is 8.75. The lowest BCUT2D eigenvalue weighted by atomic mass is 10.1. The highest BCUT2D eigenvalue weighted by molar-refractivity contribution is 9.25. The summed E-state index contributed by atoms with van der Waals surface area (Å²) in [5, 5.41) is 12.0. The van der Waals surface area contributed by atoms with Crippen LogP contribution in [-0.4, -0.2) is 14.7 Å².